The van der Waals surface area contributed by atoms with Gasteiger partial charge in [0.05, 0.1) is 6.61 Å². The van der Waals surface area contributed by atoms with E-state index >= 15 is 0 Å². The normalized spacial score (nSPS) is 15.3. The van der Waals surface area contributed by atoms with Crippen molar-refractivity contribution < 1.29 is 14.3 Å². The van der Waals surface area contributed by atoms with Crippen molar-refractivity contribution >= 4 is 18.0 Å². The Kier molecular flexibility index (Phi) is 8.86. The second-order valence-electron chi connectivity index (χ2n) is 5.19. The Balaban J connectivity index is 2.52. The summed E-state index contributed by atoms with van der Waals surface area (Å²) in [4.78, 5) is 31.5. The fourth-order valence-corrected chi connectivity index (χ4v) is 2.21. The summed E-state index contributed by atoms with van der Waals surface area (Å²) in [6, 6.07) is 0. The van der Waals surface area contributed by atoms with Crippen molar-refractivity contribution in [3.05, 3.63) is 0 Å². The topological polar surface area (TPSA) is 86.3 Å². The van der Waals surface area contributed by atoms with Crippen LogP contribution in [0.5, 0.6) is 0 Å². The molecule has 1 aliphatic heterocycles. The van der Waals surface area contributed by atoms with Crippen molar-refractivity contribution in [3.8, 4) is 0 Å². The fraction of sp³-hybridized carbons (Fsp3) is 0.800. The minimum Gasteiger partial charge on any atom is -0.450 e. The third kappa shape index (κ3) is 6.75. The predicted octanol–water partition coefficient (Wildman–Crippen LogP) is 0.252. The van der Waals surface area contributed by atoms with E-state index in [9.17, 15) is 9.59 Å². The molecule has 0 spiro atoms. The molecule has 0 atom stereocenters. The maximum atomic E-state index is 11.7. The number of rotatable bonds is 6. The average Bonchev–Trinajstić information content (AvgIpc) is 2.57. The van der Waals surface area contributed by atoms with Crippen molar-refractivity contribution in [2.75, 3.05) is 52.4 Å². The van der Waals surface area contributed by atoms with Crippen molar-refractivity contribution in [3.63, 3.8) is 0 Å². The second kappa shape index (κ2) is 10.7. The number of ether oxygens (including phenoxy) is 1. The van der Waals surface area contributed by atoms with E-state index in [1.807, 2.05) is 13.8 Å². The zero-order valence-corrected chi connectivity index (χ0v) is 14.4. The maximum absolute atomic E-state index is 11.7. The quantitative estimate of drug-likeness (QED) is 0.539. The Labute approximate surface area is 138 Å². The zero-order chi connectivity index (χ0) is 17.1. The van der Waals surface area contributed by atoms with Gasteiger partial charge in [-0.3, -0.25) is 4.79 Å². The van der Waals surface area contributed by atoms with Gasteiger partial charge < -0.3 is 25.2 Å². The molecule has 1 saturated heterocycles. The molecule has 0 aromatic heterocycles. The summed E-state index contributed by atoms with van der Waals surface area (Å²) in [5, 5.41) is 6.00. The number of carbonyl (C=O) groups excluding carboxylic acids is 2. The number of hydrogen-bond acceptors (Lipinski definition) is 4. The highest BCUT2D eigenvalue weighted by Gasteiger charge is 2.23. The van der Waals surface area contributed by atoms with Crippen LogP contribution in [0, 0.1) is 0 Å². The van der Waals surface area contributed by atoms with Crippen LogP contribution in [-0.4, -0.2) is 80.2 Å². The average molecular weight is 327 g/mol. The minimum absolute atomic E-state index is 0.0765. The lowest BCUT2D eigenvalue weighted by Gasteiger charge is -2.35. The number of amides is 2. The Morgan fingerprint density at radius 2 is 1.70 bits per heavy atom. The molecule has 2 N–H and O–H groups in total. The van der Waals surface area contributed by atoms with Crippen LogP contribution >= 0.6 is 0 Å². The smallest absolute Gasteiger partial charge is 0.409 e. The van der Waals surface area contributed by atoms with E-state index in [4.69, 9.17) is 4.74 Å². The van der Waals surface area contributed by atoms with E-state index < -0.39 is 0 Å². The standard InChI is InChI=1S/C15H29N5O3/c1-4-7-17-13(21)12-18-14(16-5-2)19-8-10-20(11-9-19)15(22)23-6-3/h4-12H2,1-3H3,(H,16,18)(H,17,21). The Hall–Kier alpha value is -1.99. The molecule has 1 heterocycles. The zero-order valence-electron chi connectivity index (χ0n) is 14.4. The van der Waals surface area contributed by atoms with Crippen molar-refractivity contribution in [2.24, 2.45) is 4.99 Å². The van der Waals surface area contributed by atoms with Gasteiger partial charge in [0, 0.05) is 39.3 Å². The Bertz CT molecular complexity index is 406. The maximum Gasteiger partial charge on any atom is 0.409 e. The third-order valence-corrected chi connectivity index (χ3v) is 3.38. The number of guanidine groups is 1. The van der Waals surface area contributed by atoms with Gasteiger partial charge in [-0.25, -0.2) is 9.79 Å². The van der Waals surface area contributed by atoms with Gasteiger partial charge in [-0.2, -0.15) is 0 Å². The summed E-state index contributed by atoms with van der Waals surface area (Å²) < 4.78 is 5.01. The molecule has 0 saturated carbocycles. The summed E-state index contributed by atoms with van der Waals surface area (Å²) in [6.07, 6.45) is 0.638. The highest BCUT2D eigenvalue weighted by molar-refractivity contribution is 5.85. The summed E-state index contributed by atoms with van der Waals surface area (Å²) in [6.45, 7) is 10.2. The SMILES string of the molecule is CCCNC(=O)CN=C(NCC)N1CCN(C(=O)OCC)CC1. The molecule has 23 heavy (non-hydrogen) atoms. The molecule has 1 fully saturated rings. The van der Waals surface area contributed by atoms with Crippen LogP contribution in [0.4, 0.5) is 4.79 Å². The third-order valence-electron chi connectivity index (χ3n) is 3.38. The van der Waals surface area contributed by atoms with Crippen LogP contribution in [0.1, 0.15) is 27.2 Å². The van der Waals surface area contributed by atoms with Crippen molar-refractivity contribution in [1.29, 1.82) is 0 Å². The van der Waals surface area contributed by atoms with Gasteiger partial charge in [0.15, 0.2) is 5.96 Å². The van der Waals surface area contributed by atoms with Crippen molar-refractivity contribution in [2.45, 2.75) is 27.2 Å². The van der Waals surface area contributed by atoms with Gasteiger partial charge in [0.25, 0.3) is 0 Å². The summed E-state index contributed by atoms with van der Waals surface area (Å²) in [7, 11) is 0. The number of piperazine rings is 1. The number of aliphatic imine (C=N–C) groups is 1. The Morgan fingerprint density at radius 3 is 2.26 bits per heavy atom. The molecule has 0 radical (unpaired) electrons. The first-order valence-corrected chi connectivity index (χ1v) is 8.33. The van der Waals surface area contributed by atoms with Crippen LogP contribution in [0.15, 0.2) is 4.99 Å². The van der Waals surface area contributed by atoms with Crippen LogP contribution < -0.4 is 10.6 Å². The lowest BCUT2D eigenvalue weighted by Crippen LogP contribution is -2.54. The van der Waals surface area contributed by atoms with Gasteiger partial charge in [0.1, 0.15) is 6.54 Å². The summed E-state index contributed by atoms with van der Waals surface area (Å²) >= 11 is 0. The molecular formula is C15H29N5O3. The molecule has 0 aromatic rings. The molecule has 8 heteroatoms. The molecule has 0 aliphatic carbocycles. The highest BCUT2D eigenvalue weighted by Crippen LogP contribution is 2.04. The second-order valence-corrected chi connectivity index (χ2v) is 5.19. The van der Waals surface area contributed by atoms with Gasteiger partial charge in [-0.15, -0.1) is 0 Å². The molecule has 1 rings (SSSR count). The molecule has 8 nitrogen and oxygen atoms in total. The molecule has 0 unspecified atom stereocenters. The van der Waals surface area contributed by atoms with Crippen molar-refractivity contribution in [1.82, 2.24) is 20.4 Å². The molecule has 1 aliphatic rings. The first-order valence-electron chi connectivity index (χ1n) is 8.33. The number of carbonyl (C=O) groups is 2. The fourth-order valence-electron chi connectivity index (χ4n) is 2.21. The summed E-state index contributed by atoms with van der Waals surface area (Å²) in [5.41, 5.74) is 0. The monoisotopic (exact) mass is 327 g/mol. The number of hydrogen-bond donors (Lipinski definition) is 2. The van der Waals surface area contributed by atoms with E-state index in [1.54, 1.807) is 11.8 Å². The van der Waals surface area contributed by atoms with Crippen LogP contribution in [0.3, 0.4) is 0 Å². The Morgan fingerprint density at radius 1 is 1.04 bits per heavy atom. The molecular weight excluding hydrogens is 298 g/mol. The van der Waals surface area contributed by atoms with Crippen LogP contribution in [-0.2, 0) is 9.53 Å². The lowest BCUT2D eigenvalue weighted by molar-refractivity contribution is -0.119. The van der Waals surface area contributed by atoms with Crippen LogP contribution in [0.2, 0.25) is 0 Å². The first kappa shape index (κ1) is 19.1. The van der Waals surface area contributed by atoms with E-state index in [0.29, 0.717) is 45.3 Å². The van der Waals surface area contributed by atoms with Gasteiger partial charge in [-0.05, 0) is 20.3 Å². The van der Waals surface area contributed by atoms with E-state index in [2.05, 4.69) is 20.5 Å². The predicted molar refractivity (Wildman–Crippen MR) is 89.4 cm³/mol. The number of nitrogens with zero attached hydrogens (tertiary/aromatic N) is 3. The number of nitrogens with one attached hydrogen (secondary N) is 2. The van der Waals surface area contributed by atoms with E-state index in [-0.39, 0.29) is 18.5 Å². The molecule has 2 amide bonds. The first-order chi connectivity index (χ1) is 11.1. The van der Waals surface area contributed by atoms with Gasteiger partial charge in [0.2, 0.25) is 5.91 Å². The lowest BCUT2D eigenvalue weighted by atomic mass is 10.3. The molecule has 0 aromatic carbocycles. The highest BCUT2D eigenvalue weighted by atomic mass is 16.6. The van der Waals surface area contributed by atoms with Gasteiger partial charge >= 0.3 is 6.09 Å². The minimum atomic E-state index is -0.270. The molecule has 132 valence electrons. The van der Waals surface area contributed by atoms with Gasteiger partial charge in [-0.1, -0.05) is 6.92 Å². The van der Waals surface area contributed by atoms with E-state index in [1.165, 1.54) is 0 Å². The molecule has 0 bridgehead atoms. The largest absolute Gasteiger partial charge is 0.450 e. The summed E-state index contributed by atoms with van der Waals surface area (Å²) in [5.74, 6) is 0.634. The van der Waals surface area contributed by atoms with E-state index in [0.717, 1.165) is 13.0 Å². The van der Waals surface area contributed by atoms with Crippen LogP contribution in [0.25, 0.3) is 0 Å².